The van der Waals surface area contributed by atoms with Crippen molar-refractivity contribution < 1.29 is 19.3 Å². The summed E-state index contributed by atoms with van der Waals surface area (Å²) in [6.07, 6.45) is 1.39. The molecule has 0 bridgehead atoms. The molecule has 3 amide bonds. The molecule has 2 aliphatic heterocycles. The van der Waals surface area contributed by atoms with Crippen LogP contribution in [-0.4, -0.2) is 38.5 Å². The molecular weight excluding hydrogens is 452 g/mol. The molecule has 2 aromatic carbocycles. The van der Waals surface area contributed by atoms with Gasteiger partial charge in [0.2, 0.25) is 11.8 Å². The van der Waals surface area contributed by atoms with Crippen LogP contribution in [0.5, 0.6) is 0 Å². The quantitative estimate of drug-likeness (QED) is 0.311. The number of thioether (sulfide) groups is 1. The van der Waals surface area contributed by atoms with Gasteiger partial charge in [-0.15, -0.1) is 0 Å². The number of nitrogens with zero attached hydrogens (tertiary/aromatic N) is 3. The highest BCUT2D eigenvalue weighted by atomic mass is 32.2. The van der Waals surface area contributed by atoms with Gasteiger partial charge in [-0.1, -0.05) is 42.1 Å². The van der Waals surface area contributed by atoms with Crippen molar-refractivity contribution in [3.05, 3.63) is 75.2 Å². The summed E-state index contributed by atoms with van der Waals surface area (Å²) >= 11 is 6.15. The van der Waals surface area contributed by atoms with E-state index in [0.29, 0.717) is 5.69 Å². The van der Waals surface area contributed by atoms with Gasteiger partial charge in [0.15, 0.2) is 4.32 Å². The SMILES string of the molecule is O=C(NN1C(=O)/C(=C/c2ccccc2[N+](=O)[O-])SC1=S)C1CC(=O)N(c2ccccc2)C1. The van der Waals surface area contributed by atoms with E-state index < -0.39 is 22.7 Å². The fourth-order valence-corrected chi connectivity index (χ4v) is 4.59. The van der Waals surface area contributed by atoms with Crippen molar-refractivity contribution in [2.24, 2.45) is 5.92 Å². The first kappa shape index (κ1) is 21.7. The lowest BCUT2D eigenvalue weighted by Gasteiger charge is -2.19. The van der Waals surface area contributed by atoms with Crippen LogP contribution in [0.25, 0.3) is 6.08 Å². The van der Waals surface area contributed by atoms with Crippen LogP contribution in [0.15, 0.2) is 59.5 Å². The number of thiocarbonyl (C=S) groups is 1. The third-order valence-corrected chi connectivity index (χ3v) is 6.30. The van der Waals surface area contributed by atoms with Crippen molar-refractivity contribution in [2.75, 3.05) is 11.4 Å². The van der Waals surface area contributed by atoms with E-state index in [0.717, 1.165) is 16.8 Å². The zero-order valence-corrected chi connectivity index (χ0v) is 18.1. The van der Waals surface area contributed by atoms with E-state index in [-0.39, 0.29) is 39.3 Å². The third kappa shape index (κ3) is 4.25. The number of nitro groups is 1. The molecule has 162 valence electrons. The highest BCUT2D eigenvalue weighted by molar-refractivity contribution is 8.26. The van der Waals surface area contributed by atoms with Crippen molar-refractivity contribution in [3.63, 3.8) is 0 Å². The van der Waals surface area contributed by atoms with Gasteiger partial charge in [-0.2, -0.15) is 5.01 Å². The second-order valence-corrected chi connectivity index (χ2v) is 8.73. The van der Waals surface area contributed by atoms with E-state index in [9.17, 15) is 24.5 Å². The van der Waals surface area contributed by atoms with E-state index in [2.05, 4.69) is 5.43 Å². The van der Waals surface area contributed by atoms with Crippen molar-refractivity contribution in [3.8, 4) is 0 Å². The van der Waals surface area contributed by atoms with Gasteiger partial charge in [-0.3, -0.25) is 29.9 Å². The molecule has 0 aromatic heterocycles. The molecule has 1 atom stereocenters. The zero-order chi connectivity index (χ0) is 22.8. The minimum atomic E-state index is -0.647. The normalized spacial score (nSPS) is 19.7. The van der Waals surface area contributed by atoms with Crippen molar-refractivity contribution in [1.29, 1.82) is 0 Å². The molecule has 4 rings (SSSR count). The molecule has 2 heterocycles. The Balaban J connectivity index is 1.47. The number of anilines is 1. The molecule has 9 nitrogen and oxygen atoms in total. The van der Waals surface area contributed by atoms with Gasteiger partial charge in [-0.25, -0.2) is 0 Å². The summed E-state index contributed by atoms with van der Waals surface area (Å²) < 4.78 is 0.0948. The van der Waals surface area contributed by atoms with Crippen molar-refractivity contribution in [2.45, 2.75) is 6.42 Å². The molecule has 2 fully saturated rings. The maximum atomic E-state index is 12.8. The summed E-state index contributed by atoms with van der Waals surface area (Å²) in [4.78, 5) is 50.3. The second kappa shape index (κ2) is 8.89. The fourth-order valence-electron chi connectivity index (χ4n) is 3.42. The number of hydrogen-bond acceptors (Lipinski definition) is 7. The molecule has 1 unspecified atom stereocenters. The minimum absolute atomic E-state index is 0.0154. The zero-order valence-electron chi connectivity index (χ0n) is 16.5. The van der Waals surface area contributed by atoms with Crippen LogP contribution in [0.1, 0.15) is 12.0 Å². The van der Waals surface area contributed by atoms with E-state index in [1.165, 1.54) is 29.2 Å². The number of hydrazine groups is 1. The van der Waals surface area contributed by atoms with Crippen LogP contribution in [0.3, 0.4) is 0 Å². The molecule has 2 aliphatic rings. The standard InChI is InChI=1S/C21H16N4O5S2/c26-18-11-14(12-23(18)15-7-2-1-3-8-15)19(27)22-24-20(28)17(32-21(24)31)10-13-6-4-5-9-16(13)25(29)30/h1-10,14H,11-12H2,(H,22,27)/b17-10-. The lowest BCUT2D eigenvalue weighted by molar-refractivity contribution is -0.385. The largest absolute Gasteiger partial charge is 0.312 e. The van der Waals surface area contributed by atoms with Crippen LogP contribution in [0.2, 0.25) is 0 Å². The Labute approximate surface area is 192 Å². The number of carbonyl (C=O) groups excluding carboxylic acids is 3. The van der Waals surface area contributed by atoms with Crippen LogP contribution in [0.4, 0.5) is 11.4 Å². The highest BCUT2D eigenvalue weighted by Crippen LogP contribution is 2.33. The molecule has 0 aliphatic carbocycles. The number of benzene rings is 2. The molecule has 0 spiro atoms. The minimum Gasteiger partial charge on any atom is -0.312 e. The molecule has 0 radical (unpaired) electrons. The maximum absolute atomic E-state index is 12.8. The molecular formula is C21H16N4O5S2. The van der Waals surface area contributed by atoms with Crippen LogP contribution in [-0.2, 0) is 14.4 Å². The van der Waals surface area contributed by atoms with Gasteiger partial charge in [-0.05, 0) is 36.5 Å². The topological polar surface area (TPSA) is 113 Å². The van der Waals surface area contributed by atoms with E-state index in [4.69, 9.17) is 12.2 Å². The van der Waals surface area contributed by atoms with E-state index >= 15 is 0 Å². The predicted molar refractivity (Wildman–Crippen MR) is 123 cm³/mol. The molecule has 2 saturated heterocycles. The smallest absolute Gasteiger partial charge is 0.285 e. The molecule has 11 heteroatoms. The summed E-state index contributed by atoms with van der Waals surface area (Å²) in [5.41, 5.74) is 3.30. The highest BCUT2D eigenvalue weighted by Gasteiger charge is 2.39. The molecule has 0 saturated carbocycles. The van der Waals surface area contributed by atoms with Crippen LogP contribution >= 0.6 is 24.0 Å². The summed E-state index contributed by atoms with van der Waals surface area (Å²) in [5, 5.41) is 12.2. The first-order chi connectivity index (χ1) is 15.3. The molecule has 1 N–H and O–H groups in total. The summed E-state index contributed by atoms with van der Waals surface area (Å²) in [5.74, 6) is -1.92. The van der Waals surface area contributed by atoms with Crippen molar-refractivity contribution >= 4 is 63.5 Å². The van der Waals surface area contributed by atoms with Crippen LogP contribution in [0, 0.1) is 16.0 Å². The van der Waals surface area contributed by atoms with Gasteiger partial charge in [0, 0.05) is 24.7 Å². The summed E-state index contributed by atoms with van der Waals surface area (Å²) in [6.45, 7) is 0.190. The average molecular weight is 469 g/mol. The van der Waals surface area contributed by atoms with Gasteiger partial charge < -0.3 is 4.90 Å². The van der Waals surface area contributed by atoms with Gasteiger partial charge >= 0.3 is 0 Å². The Bertz CT molecular complexity index is 1170. The third-order valence-electron chi connectivity index (χ3n) is 5.00. The van der Waals surface area contributed by atoms with E-state index in [1.807, 2.05) is 6.07 Å². The number of rotatable bonds is 5. The van der Waals surface area contributed by atoms with E-state index in [1.54, 1.807) is 30.3 Å². The second-order valence-electron chi connectivity index (χ2n) is 7.05. The lowest BCUT2D eigenvalue weighted by Crippen LogP contribution is -2.47. The first-order valence-electron chi connectivity index (χ1n) is 9.52. The number of carbonyl (C=O) groups is 3. The Morgan fingerprint density at radius 1 is 1.16 bits per heavy atom. The Morgan fingerprint density at radius 3 is 2.56 bits per heavy atom. The number of nitrogens with one attached hydrogen (secondary N) is 1. The number of nitro benzene ring substituents is 1. The van der Waals surface area contributed by atoms with Crippen LogP contribution < -0.4 is 10.3 Å². The Morgan fingerprint density at radius 2 is 1.84 bits per heavy atom. The van der Waals surface area contributed by atoms with Crippen molar-refractivity contribution in [1.82, 2.24) is 10.4 Å². The van der Waals surface area contributed by atoms with Gasteiger partial charge in [0.1, 0.15) is 0 Å². The summed E-state index contributed by atoms with van der Waals surface area (Å²) in [6, 6.07) is 15.0. The van der Waals surface area contributed by atoms with Gasteiger partial charge in [0.25, 0.3) is 11.6 Å². The Hall–Kier alpha value is -3.57. The molecule has 2 aromatic rings. The number of para-hydroxylation sites is 2. The molecule has 32 heavy (non-hydrogen) atoms. The first-order valence-corrected chi connectivity index (χ1v) is 10.7. The fraction of sp³-hybridized carbons (Fsp3) is 0.143. The monoisotopic (exact) mass is 468 g/mol. The average Bonchev–Trinajstić information content (AvgIpc) is 3.29. The lowest BCUT2D eigenvalue weighted by atomic mass is 10.1. The predicted octanol–water partition coefficient (Wildman–Crippen LogP) is 2.88. The van der Waals surface area contributed by atoms with Gasteiger partial charge in [0.05, 0.1) is 21.3 Å². The number of amides is 3. The summed E-state index contributed by atoms with van der Waals surface area (Å²) in [7, 11) is 0. The Kier molecular flexibility index (Phi) is 6.01. The number of hydrogen-bond donors (Lipinski definition) is 1. The maximum Gasteiger partial charge on any atom is 0.285 e.